The van der Waals surface area contributed by atoms with Crippen molar-refractivity contribution >= 4 is 10.9 Å². The number of aromatic amines is 1. The summed E-state index contributed by atoms with van der Waals surface area (Å²) in [5.74, 6) is 1.17. The Morgan fingerprint density at radius 3 is 2.94 bits per heavy atom. The molecule has 2 atom stereocenters. The lowest BCUT2D eigenvalue weighted by molar-refractivity contribution is 0.559. The summed E-state index contributed by atoms with van der Waals surface area (Å²) in [6.07, 6.45) is 1.88. The molecule has 1 saturated carbocycles. The number of para-hydroxylation sites is 1. The molecule has 1 fully saturated rings. The van der Waals surface area contributed by atoms with Gasteiger partial charge in [0.2, 0.25) is 0 Å². The maximum absolute atomic E-state index is 5.83. The van der Waals surface area contributed by atoms with E-state index in [2.05, 4.69) is 42.2 Å². The second kappa shape index (κ2) is 3.08. The summed E-state index contributed by atoms with van der Waals surface area (Å²) in [6.45, 7) is 5.36. The lowest BCUT2D eigenvalue weighted by Crippen LogP contribution is -2.05. The number of aromatic nitrogens is 2. The van der Waals surface area contributed by atoms with Crippen molar-refractivity contribution in [2.45, 2.75) is 19.8 Å². The molecule has 0 spiro atoms. The third-order valence-electron chi connectivity index (χ3n) is 4.15. The highest BCUT2D eigenvalue weighted by molar-refractivity contribution is 5.82. The van der Waals surface area contributed by atoms with Crippen molar-refractivity contribution in [3.8, 4) is 0 Å². The van der Waals surface area contributed by atoms with Gasteiger partial charge in [-0.05, 0) is 29.4 Å². The van der Waals surface area contributed by atoms with Gasteiger partial charge in [0.25, 0.3) is 0 Å². The van der Waals surface area contributed by atoms with E-state index in [1.807, 2.05) is 6.20 Å². The van der Waals surface area contributed by atoms with Gasteiger partial charge in [-0.25, -0.2) is 0 Å². The Morgan fingerprint density at radius 1 is 1.44 bits per heavy atom. The highest BCUT2D eigenvalue weighted by atomic mass is 15.1. The first kappa shape index (κ1) is 9.85. The second-order valence-corrected chi connectivity index (χ2v) is 5.32. The Hall–Kier alpha value is -1.35. The van der Waals surface area contributed by atoms with E-state index in [1.165, 1.54) is 16.5 Å². The summed E-state index contributed by atoms with van der Waals surface area (Å²) < 4.78 is 0. The van der Waals surface area contributed by atoms with Crippen LogP contribution in [0.3, 0.4) is 0 Å². The molecule has 1 aromatic heterocycles. The number of fused-ring (bicyclic) bond motifs is 1. The lowest BCUT2D eigenvalue weighted by atomic mass is 10.0. The molecule has 3 nitrogen and oxygen atoms in total. The van der Waals surface area contributed by atoms with Crippen LogP contribution < -0.4 is 5.73 Å². The molecule has 2 aromatic rings. The Bertz CT molecular complexity index is 527. The van der Waals surface area contributed by atoms with E-state index in [9.17, 15) is 0 Å². The molecule has 16 heavy (non-hydrogen) atoms. The normalized spacial score (nSPS) is 27.2. The highest BCUT2D eigenvalue weighted by Crippen LogP contribution is 2.64. The van der Waals surface area contributed by atoms with Crippen LogP contribution in [0.15, 0.2) is 24.4 Å². The molecule has 3 rings (SSSR count). The van der Waals surface area contributed by atoms with Crippen molar-refractivity contribution in [2.75, 3.05) is 6.54 Å². The Balaban J connectivity index is 2.11. The number of nitrogens with one attached hydrogen (secondary N) is 1. The van der Waals surface area contributed by atoms with Crippen molar-refractivity contribution < 1.29 is 0 Å². The fourth-order valence-corrected chi connectivity index (χ4v) is 3.05. The van der Waals surface area contributed by atoms with E-state index in [-0.39, 0.29) is 0 Å². The maximum atomic E-state index is 5.83. The average Bonchev–Trinajstić information content (AvgIpc) is 2.65. The molecule has 1 aliphatic carbocycles. The average molecular weight is 215 g/mol. The zero-order valence-corrected chi connectivity index (χ0v) is 9.70. The molecular formula is C13H17N3. The topological polar surface area (TPSA) is 54.7 Å². The molecule has 84 valence electrons. The minimum atomic E-state index is 0.328. The summed E-state index contributed by atoms with van der Waals surface area (Å²) >= 11 is 0. The number of hydrogen-bond acceptors (Lipinski definition) is 2. The van der Waals surface area contributed by atoms with Crippen molar-refractivity contribution in [3.63, 3.8) is 0 Å². The van der Waals surface area contributed by atoms with E-state index in [4.69, 9.17) is 5.73 Å². The van der Waals surface area contributed by atoms with Crippen molar-refractivity contribution in [3.05, 3.63) is 30.0 Å². The summed E-state index contributed by atoms with van der Waals surface area (Å²) in [5, 5.41) is 8.41. The number of H-pyrrole nitrogens is 1. The van der Waals surface area contributed by atoms with Gasteiger partial charge in [-0.15, -0.1) is 0 Å². The molecule has 3 N–H and O–H groups in total. The largest absolute Gasteiger partial charge is 0.330 e. The van der Waals surface area contributed by atoms with Crippen molar-refractivity contribution in [2.24, 2.45) is 17.1 Å². The third kappa shape index (κ3) is 1.15. The molecule has 0 unspecified atom stereocenters. The van der Waals surface area contributed by atoms with E-state index in [1.54, 1.807) is 0 Å². The van der Waals surface area contributed by atoms with Crippen LogP contribution in [0.1, 0.15) is 25.3 Å². The van der Waals surface area contributed by atoms with Crippen LogP contribution in [0.4, 0.5) is 0 Å². The number of hydrogen-bond donors (Lipinski definition) is 2. The van der Waals surface area contributed by atoms with Crippen LogP contribution in [0.25, 0.3) is 10.9 Å². The summed E-state index contributed by atoms with van der Waals surface area (Å²) in [5.41, 5.74) is 8.71. The first-order valence-corrected chi connectivity index (χ1v) is 5.78. The van der Waals surface area contributed by atoms with Gasteiger partial charge in [0, 0.05) is 5.39 Å². The van der Waals surface area contributed by atoms with Gasteiger partial charge in [0.05, 0.1) is 11.7 Å². The van der Waals surface area contributed by atoms with Gasteiger partial charge in [0.15, 0.2) is 0 Å². The number of nitrogens with zero attached hydrogens (tertiary/aromatic N) is 1. The fourth-order valence-electron chi connectivity index (χ4n) is 3.05. The van der Waals surface area contributed by atoms with Gasteiger partial charge in [-0.2, -0.15) is 5.10 Å². The first-order valence-electron chi connectivity index (χ1n) is 5.78. The maximum Gasteiger partial charge on any atom is 0.0685 e. The zero-order valence-electron chi connectivity index (χ0n) is 9.70. The van der Waals surface area contributed by atoms with Gasteiger partial charge < -0.3 is 5.73 Å². The predicted molar refractivity (Wildman–Crippen MR) is 65.2 cm³/mol. The van der Waals surface area contributed by atoms with Crippen LogP contribution in [-0.4, -0.2) is 16.7 Å². The van der Waals surface area contributed by atoms with Crippen molar-refractivity contribution in [1.29, 1.82) is 0 Å². The van der Waals surface area contributed by atoms with Crippen LogP contribution in [0.2, 0.25) is 0 Å². The van der Waals surface area contributed by atoms with E-state index < -0.39 is 0 Å². The lowest BCUT2D eigenvalue weighted by Gasteiger charge is -2.04. The molecule has 0 aliphatic heterocycles. The Labute approximate surface area is 95.0 Å². The molecule has 1 heterocycles. The fraction of sp³-hybridized carbons (Fsp3) is 0.462. The zero-order chi connectivity index (χ0) is 11.3. The van der Waals surface area contributed by atoms with E-state index in [0.717, 1.165) is 6.54 Å². The Kier molecular flexibility index (Phi) is 1.89. The molecule has 3 heteroatoms. The summed E-state index contributed by atoms with van der Waals surface area (Å²) in [7, 11) is 0. The number of benzene rings is 1. The molecule has 0 bridgehead atoms. The van der Waals surface area contributed by atoms with Gasteiger partial charge in [-0.3, -0.25) is 5.10 Å². The Morgan fingerprint density at radius 2 is 2.25 bits per heavy atom. The van der Waals surface area contributed by atoms with E-state index >= 15 is 0 Å². The quantitative estimate of drug-likeness (QED) is 0.807. The molecule has 1 aromatic carbocycles. The number of nitrogens with two attached hydrogens (primary N) is 1. The van der Waals surface area contributed by atoms with Crippen molar-refractivity contribution in [1.82, 2.24) is 10.2 Å². The molecule has 0 radical (unpaired) electrons. The SMILES string of the molecule is CC1(C)[C@@H](CN)[C@@H]1c1cccc2cn[nH]c12. The molecule has 1 aliphatic rings. The monoisotopic (exact) mass is 215 g/mol. The van der Waals surface area contributed by atoms with E-state index in [0.29, 0.717) is 17.3 Å². The minimum Gasteiger partial charge on any atom is -0.330 e. The van der Waals surface area contributed by atoms with Crippen LogP contribution in [-0.2, 0) is 0 Å². The highest BCUT2D eigenvalue weighted by Gasteiger charge is 2.57. The second-order valence-electron chi connectivity index (χ2n) is 5.32. The smallest absolute Gasteiger partial charge is 0.0685 e. The third-order valence-corrected chi connectivity index (χ3v) is 4.15. The molecular weight excluding hydrogens is 198 g/mol. The van der Waals surface area contributed by atoms with Crippen LogP contribution in [0, 0.1) is 11.3 Å². The standard InChI is InChI=1S/C13H17N3/c1-13(2)10(6-14)11(13)9-5-3-4-8-7-15-16-12(8)9/h3-5,7,10-11H,6,14H2,1-2H3,(H,15,16)/t10-,11-/m0/s1. The molecule has 0 saturated heterocycles. The van der Waals surface area contributed by atoms with Gasteiger partial charge >= 0.3 is 0 Å². The first-order chi connectivity index (χ1) is 7.66. The van der Waals surface area contributed by atoms with Gasteiger partial charge in [-0.1, -0.05) is 32.0 Å². The van der Waals surface area contributed by atoms with Crippen LogP contribution in [0.5, 0.6) is 0 Å². The number of rotatable bonds is 2. The summed E-state index contributed by atoms with van der Waals surface area (Å²) in [4.78, 5) is 0. The van der Waals surface area contributed by atoms with Gasteiger partial charge in [0.1, 0.15) is 0 Å². The summed E-state index contributed by atoms with van der Waals surface area (Å²) in [6, 6.07) is 6.40. The molecule has 0 amide bonds. The minimum absolute atomic E-state index is 0.328. The van der Waals surface area contributed by atoms with Crippen LogP contribution >= 0.6 is 0 Å². The predicted octanol–water partition coefficient (Wildman–Crippen LogP) is 2.26.